The summed E-state index contributed by atoms with van der Waals surface area (Å²) in [6.07, 6.45) is 0.103. The molecule has 0 saturated carbocycles. The second kappa shape index (κ2) is 7.17. The highest BCUT2D eigenvalue weighted by atomic mass is 16.2. The Morgan fingerprint density at radius 1 is 1.08 bits per heavy atom. The number of para-hydroxylation sites is 2. The first-order valence-electron chi connectivity index (χ1n) is 8.09. The van der Waals surface area contributed by atoms with Crippen LogP contribution < -0.4 is 15.5 Å². The van der Waals surface area contributed by atoms with E-state index in [1.807, 2.05) is 31.2 Å². The van der Waals surface area contributed by atoms with Crippen LogP contribution in [0.2, 0.25) is 0 Å². The van der Waals surface area contributed by atoms with Crippen molar-refractivity contribution in [2.45, 2.75) is 19.8 Å². The molecular formula is C19H19N3O3. The van der Waals surface area contributed by atoms with Gasteiger partial charge in [0.25, 0.3) is 0 Å². The number of nitrogens with zero attached hydrogens (tertiary/aromatic N) is 1. The lowest BCUT2D eigenvalue weighted by molar-refractivity contribution is -0.124. The molecule has 1 heterocycles. The van der Waals surface area contributed by atoms with Crippen LogP contribution in [0.1, 0.15) is 18.4 Å². The van der Waals surface area contributed by atoms with Crippen LogP contribution in [0.25, 0.3) is 0 Å². The molecule has 2 N–H and O–H groups in total. The van der Waals surface area contributed by atoms with E-state index in [9.17, 15) is 14.4 Å². The van der Waals surface area contributed by atoms with E-state index >= 15 is 0 Å². The molecule has 1 aliphatic heterocycles. The Labute approximate surface area is 145 Å². The summed E-state index contributed by atoms with van der Waals surface area (Å²) in [5.74, 6) is -0.718. The predicted octanol–water partition coefficient (Wildman–Crippen LogP) is 2.70. The average Bonchev–Trinajstić information content (AvgIpc) is 2.61. The van der Waals surface area contributed by atoms with E-state index in [0.717, 1.165) is 5.56 Å². The van der Waals surface area contributed by atoms with Gasteiger partial charge in [0, 0.05) is 18.5 Å². The second-order valence-corrected chi connectivity index (χ2v) is 5.96. The van der Waals surface area contributed by atoms with Crippen molar-refractivity contribution in [2.75, 3.05) is 22.1 Å². The van der Waals surface area contributed by atoms with E-state index in [-0.39, 0.29) is 37.1 Å². The van der Waals surface area contributed by atoms with Crippen LogP contribution in [-0.4, -0.2) is 24.3 Å². The monoisotopic (exact) mass is 337 g/mol. The Hall–Kier alpha value is -3.15. The number of nitrogens with one attached hydrogen (secondary N) is 2. The van der Waals surface area contributed by atoms with Gasteiger partial charge in [-0.1, -0.05) is 29.8 Å². The molecule has 3 amide bonds. The first-order valence-corrected chi connectivity index (χ1v) is 8.09. The number of hydrogen-bond acceptors (Lipinski definition) is 3. The van der Waals surface area contributed by atoms with Crippen molar-refractivity contribution in [2.24, 2.45) is 0 Å². The van der Waals surface area contributed by atoms with Crippen LogP contribution in [0, 0.1) is 6.92 Å². The standard InChI is InChI=1S/C19H19N3O3/c1-13-6-8-14(9-7-13)20-17(23)10-11-19(25)22-12-18(24)21-15-4-2-3-5-16(15)22/h2-9H,10-12H2,1H3,(H,20,23)(H,21,24). The van der Waals surface area contributed by atoms with Crippen LogP contribution in [0.15, 0.2) is 48.5 Å². The van der Waals surface area contributed by atoms with Crippen LogP contribution in [0.5, 0.6) is 0 Å². The van der Waals surface area contributed by atoms with Crippen molar-refractivity contribution in [3.8, 4) is 0 Å². The Kier molecular flexibility index (Phi) is 4.79. The summed E-state index contributed by atoms with van der Waals surface area (Å²) in [7, 11) is 0. The van der Waals surface area contributed by atoms with E-state index in [4.69, 9.17) is 0 Å². The number of carbonyl (C=O) groups is 3. The van der Waals surface area contributed by atoms with Gasteiger partial charge in [-0.05, 0) is 31.2 Å². The molecule has 0 unspecified atom stereocenters. The zero-order chi connectivity index (χ0) is 17.8. The lowest BCUT2D eigenvalue weighted by atomic mass is 10.1. The van der Waals surface area contributed by atoms with Crippen molar-refractivity contribution >= 4 is 34.8 Å². The number of hydrogen-bond donors (Lipinski definition) is 2. The SMILES string of the molecule is Cc1ccc(NC(=O)CCC(=O)N2CC(=O)Nc3ccccc32)cc1. The maximum Gasteiger partial charge on any atom is 0.244 e. The van der Waals surface area contributed by atoms with Crippen molar-refractivity contribution in [3.05, 3.63) is 54.1 Å². The topological polar surface area (TPSA) is 78.5 Å². The minimum Gasteiger partial charge on any atom is -0.326 e. The molecule has 3 rings (SSSR count). The molecule has 0 spiro atoms. The first-order chi connectivity index (χ1) is 12.0. The molecule has 25 heavy (non-hydrogen) atoms. The van der Waals surface area contributed by atoms with Gasteiger partial charge in [0.1, 0.15) is 6.54 Å². The molecule has 6 heteroatoms. The predicted molar refractivity (Wildman–Crippen MR) is 96.5 cm³/mol. The van der Waals surface area contributed by atoms with Gasteiger partial charge in [-0.25, -0.2) is 0 Å². The highest BCUT2D eigenvalue weighted by Crippen LogP contribution is 2.29. The summed E-state index contributed by atoms with van der Waals surface area (Å²) >= 11 is 0. The number of carbonyl (C=O) groups excluding carboxylic acids is 3. The van der Waals surface area contributed by atoms with E-state index in [1.165, 1.54) is 4.90 Å². The molecule has 2 aromatic carbocycles. The van der Waals surface area contributed by atoms with Crippen molar-refractivity contribution < 1.29 is 14.4 Å². The Morgan fingerprint density at radius 2 is 1.80 bits per heavy atom. The van der Waals surface area contributed by atoms with Crippen LogP contribution in [0.3, 0.4) is 0 Å². The van der Waals surface area contributed by atoms with Gasteiger partial charge < -0.3 is 15.5 Å². The van der Waals surface area contributed by atoms with Gasteiger partial charge in [0.15, 0.2) is 0 Å². The Bertz CT molecular complexity index is 815. The fourth-order valence-electron chi connectivity index (χ4n) is 2.67. The molecule has 2 aromatic rings. The molecule has 0 bridgehead atoms. The number of amides is 3. The van der Waals surface area contributed by atoms with Crippen molar-refractivity contribution in [3.63, 3.8) is 0 Å². The molecular weight excluding hydrogens is 318 g/mol. The highest BCUT2D eigenvalue weighted by Gasteiger charge is 2.26. The lowest BCUT2D eigenvalue weighted by Crippen LogP contribution is -2.42. The number of fused-ring (bicyclic) bond motifs is 1. The van der Waals surface area contributed by atoms with Crippen LogP contribution >= 0.6 is 0 Å². The van der Waals surface area contributed by atoms with Crippen LogP contribution in [-0.2, 0) is 14.4 Å². The normalized spacial score (nSPS) is 13.0. The summed E-state index contributed by atoms with van der Waals surface area (Å²) in [4.78, 5) is 37.7. The van der Waals surface area contributed by atoms with E-state index in [0.29, 0.717) is 17.1 Å². The largest absolute Gasteiger partial charge is 0.326 e. The number of anilines is 3. The zero-order valence-corrected chi connectivity index (χ0v) is 13.9. The number of rotatable bonds is 4. The molecule has 0 fully saturated rings. The third-order valence-corrected chi connectivity index (χ3v) is 3.97. The maximum absolute atomic E-state index is 12.5. The number of aryl methyl sites for hydroxylation is 1. The Morgan fingerprint density at radius 3 is 2.56 bits per heavy atom. The molecule has 0 aromatic heterocycles. The van der Waals surface area contributed by atoms with E-state index < -0.39 is 0 Å². The third kappa shape index (κ3) is 4.03. The minimum atomic E-state index is -0.249. The van der Waals surface area contributed by atoms with Gasteiger partial charge in [-0.3, -0.25) is 14.4 Å². The van der Waals surface area contributed by atoms with E-state index in [2.05, 4.69) is 10.6 Å². The summed E-state index contributed by atoms with van der Waals surface area (Å²) in [6, 6.07) is 14.6. The second-order valence-electron chi connectivity index (χ2n) is 5.96. The lowest BCUT2D eigenvalue weighted by Gasteiger charge is -2.29. The minimum absolute atomic E-state index is 0.0323. The van der Waals surface area contributed by atoms with E-state index in [1.54, 1.807) is 24.3 Å². The van der Waals surface area contributed by atoms with Gasteiger partial charge >= 0.3 is 0 Å². The van der Waals surface area contributed by atoms with Crippen LogP contribution in [0.4, 0.5) is 17.1 Å². The molecule has 1 aliphatic rings. The first kappa shape index (κ1) is 16.7. The summed E-state index contributed by atoms with van der Waals surface area (Å²) in [5.41, 5.74) is 3.07. The quantitative estimate of drug-likeness (QED) is 0.900. The van der Waals surface area contributed by atoms with Gasteiger partial charge in [-0.2, -0.15) is 0 Å². The third-order valence-electron chi connectivity index (χ3n) is 3.97. The molecule has 0 radical (unpaired) electrons. The number of benzene rings is 2. The average molecular weight is 337 g/mol. The highest BCUT2D eigenvalue weighted by molar-refractivity contribution is 6.10. The van der Waals surface area contributed by atoms with Gasteiger partial charge in [-0.15, -0.1) is 0 Å². The smallest absolute Gasteiger partial charge is 0.244 e. The molecule has 0 saturated heterocycles. The fourth-order valence-corrected chi connectivity index (χ4v) is 2.67. The molecule has 128 valence electrons. The fraction of sp³-hybridized carbons (Fsp3) is 0.211. The molecule has 0 aliphatic carbocycles. The summed E-state index contributed by atoms with van der Waals surface area (Å²) in [5, 5.41) is 5.50. The molecule has 6 nitrogen and oxygen atoms in total. The maximum atomic E-state index is 12.5. The van der Waals surface area contributed by atoms with Gasteiger partial charge in [0.05, 0.1) is 11.4 Å². The zero-order valence-electron chi connectivity index (χ0n) is 13.9. The molecule has 0 atom stereocenters. The van der Waals surface area contributed by atoms with Crippen molar-refractivity contribution in [1.29, 1.82) is 0 Å². The summed E-state index contributed by atoms with van der Waals surface area (Å²) in [6.45, 7) is 1.94. The Balaban J connectivity index is 1.60. The summed E-state index contributed by atoms with van der Waals surface area (Å²) < 4.78 is 0. The van der Waals surface area contributed by atoms with Gasteiger partial charge in [0.2, 0.25) is 17.7 Å². The van der Waals surface area contributed by atoms with Crippen molar-refractivity contribution in [1.82, 2.24) is 0 Å².